The maximum Gasteiger partial charge on any atom is 0.0642 e. The quantitative estimate of drug-likeness (QED) is 0.840. The number of nitrogens with zero attached hydrogens (tertiary/aromatic N) is 1. The molecule has 0 atom stereocenters. The van der Waals surface area contributed by atoms with Gasteiger partial charge in [-0.05, 0) is 49.9 Å². The molecule has 0 aliphatic carbocycles. The van der Waals surface area contributed by atoms with E-state index in [9.17, 15) is 0 Å². The van der Waals surface area contributed by atoms with Crippen LogP contribution in [0.15, 0.2) is 35.7 Å². The van der Waals surface area contributed by atoms with Crippen LogP contribution >= 0.6 is 22.9 Å². The molecule has 1 aromatic heterocycles. The van der Waals surface area contributed by atoms with Gasteiger partial charge in [0.1, 0.15) is 0 Å². The molecular weight excluding hydrogens is 300 g/mol. The lowest BCUT2D eigenvalue weighted by Gasteiger charge is -2.22. The summed E-state index contributed by atoms with van der Waals surface area (Å²) in [4.78, 5) is 3.53. The van der Waals surface area contributed by atoms with Crippen LogP contribution < -0.4 is 10.2 Å². The molecule has 0 fully saturated rings. The van der Waals surface area contributed by atoms with Crippen molar-refractivity contribution in [2.45, 2.75) is 39.4 Å². The lowest BCUT2D eigenvalue weighted by atomic mass is 10.1. The number of halogens is 1. The number of benzene rings is 1. The van der Waals surface area contributed by atoms with Crippen LogP contribution in [-0.2, 0) is 13.1 Å². The molecule has 0 radical (unpaired) electrons. The highest BCUT2D eigenvalue weighted by Gasteiger charge is 2.11. The van der Waals surface area contributed by atoms with Crippen molar-refractivity contribution in [2.75, 3.05) is 11.9 Å². The Morgan fingerprint density at radius 2 is 2.00 bits per heavy atom. The van der Waals surface area contributed by atoms with Crippen molar-refractivity contribution in [1.82, 2.24) is 5.32 Å². The highest BCUT2D eigenvalue weighted by atomic mass is 35.5. The molecule has 1 heterocycles. The second-order valence-corrected chi connectivity index (χ2v) is 7.76. The fourth-order valence-electron chi connectivity index (χ4n) is 2.06. The zero-order valence-corrected chi connectivity index (χ0v) is 14.7. The molecule has 1 aromatic carbocycles. The first-order valence-corrected chi connectivity index (χ1v) is 8.38. The normalized spacial score (nSPS) is 11.7. The summed E-state index contributed by atoms with van der Waals surface area (Å²) in [6.45, 7) is 8.21. The van der Waals surface area contributed by atoms with E-state index in [1.54, 1.807) is 11.3 Å². The predicted molar refractivity (Wildman–Crippen MR) is 94.5 cm³/mol. The molecule has 2 aromatic rings. The Balaban J connectivity index is 2.04. The molecule has 0 amide bonds. The number of nitrogens with one attached hydrogen (secondary N) is 1. The predicted octanol–water partition coefficient (Wildman–Crippen LogP) is 4.93. The zero-order valence-electron chi connectivity index (χ0n) is 13.1. The molecular formula is C17H23ClN2S. The topological polar surface area (TPSA) is 15.3 Å². The van der Waals surface area contributed by atoms with Crippen molar-refractivity contribution >= 4 is 28.6 Å². The second kappa shape index (κ2) is 6.82. The Morgan fingerprint density at radius 1 is 1.24 bits per heavy atom. The number of thiophene rings is 1. The average Bonchev–Trinajstić information content (AvgIpc) is 2.88. The molecule has 0 bridgehead atoms. The molecule has 0 aliphatic rings. The van der Waals surface area contributed by atoms with Crippen LogP contribution in [-0.4, -0.2) is 12.6 Å². The first-order chi connectivity index (χ1) is 9.85. The van der Waals surface area contributed by atoms with Gasteiger partial charge in [0.05, 0.1) is 17.3 Å². The van der Waals surface area contributed by atoms with Crippen molar-refractivity contribution < 1.29 is 0 Å². The van der Waals surface area contributed by atoms with Gasteiger partial charge in [0.15, 0.2) is 0 Å². The molecule has 0 saturated carbocycles. The number of hydrogen-bond acceptors (Lipinski definition) is 3. The Hall–Kier alpha value is -1.03. The van der Waals surface area contributed by atoms with Crippen molar-refractivity contribution in [3.8, 4) is 0 Å². The summed E-state index contributed by atoms with van der Waals surface area (Å²) >= 11 is 8.22. The molecule has 0 aliphatic heterocycles. The van der Waals surface area contributed by atoms with Crippen molar-refractivity contribution in [1.29, 1.82) is 0 Å². The summed E-state index contributed by atoms with van der Waals surface area (Å²) in [5, 5.41) is 6.39. The minimum absolute atomic E-state index is 0.112. The van der Waals surface area contributed by atoms with Gasteiger partial charge in [-0.1, -0.05) is 23.7 Å². The van der Waals surface area contributed by atoms with Gasteiger partial charge in [0.2, 0.25) is 0 Å². The molecule has 0 unspecified atom stereocenters. The monoisotopic (exact) mass is 322 g/mol. The SMILES string of the molecule is CN(Cc1cccs1)c1ccc(CNC(C)(C)C)cc1Cl. The minimum Gasteiger partial charge on any atom is -0.368 e. The third-order valence-electron chi connectivity index (χ3n) is 3.22. The van der Waals surface area contributed by atoms with Crippen molar-refractivity contribution in [3.63, 3.8) is 0 Å². The van der Waals surface area contributed by atoms with Gasteiger partial charge >= 0.3 is 0 Å². The zero-order chi connectivity index (χ0) is 15.5. The minimum atomic E-state index is 0.112. The third-order valence-corrected chi connectivity index (χ3v) is 4.38. The molecule has 4 heteroatoms. The largest absolute Gasteiger partial charge is 0.368 e. The summed E-state index contributed by atoms with van der Waals surface area (Å²) < 4.78 is 0. The molecule has 0 spiro atoms. The fraction of sp³-hybridized carbons (Fsp3) is 0.412. The van der Waals surface area contributed by atoms with Crippen LogP contribution in [0.1, 0.15) is 31.2 Å². The van der Waals surface area contributed by atoms with Crippen LogP contribution in [0.4, 0.5) is 5.69 Å². The van der Waals surface area contributed by atoms with E-state index < -0.39 is 0 Å². The van der Waals surface area contributed by atoms with Gasteiger partial charge < -0.3 is 10.2 Å². The van der Waals surface area contributed by atoms with E-state index in [4.69, 9.17) is 11.6 Å². The maximum absolute atomic E-state index is 6.45. The lowest BCUT2D eigenvalue weighted by Crippen LogP contribution is -2.35. The van der Waals surface area contributed by atoms with Gasteiger partial charge in [-0.25, -0.2) is 0 Å². The van der Waals surface area contributed by atoms with E-state index in [0.717, 1.165) is 23.8 Å². The van der Waals surface area contributed by atoms with Crippen LogP contribution in [0.3, 0.4) is 0 Å². The van der Waals surface area contributed by atoms with Gasteiger partial charge in [-0.15, -0.1) is 11.3 Å². The molecule has 0 saturated heterocycles. The van der Waals surface area contributed by atoms with E-state index in [2.05, 4.69) is 73.7 Å². The summed E-state index contributed by atoms with van der Waals surface area (Å²) in [5.74, 6) is 0. The van der Waals surface area contributed by atoms with Gasteiger partial charge in [-0.2, -0.15) is 0 Å². The highest BCUT2D eigenvalue weighted by Crippen LogP contribution is 2.28. The van der Waals surface area contributed by atoms with E-state index in [1.165, 1.54) is 10.4 Å². The summed E-state index contributed by atoms with van der Waals surface area (Å²) in [5.41, 5.74) is 2.40. The summed E-state index contributed by atoms with van der Waals surface area (Å²) in [7, 11) is 2.08. The van der Waals surface area contributed by atoms with Crippen molar-refractivity contribution in [3.05, 3.63) is 51.2 Å². The number of anilines is 1. The van der Waals surface area contributed by atoms with E-state index >= 15 is 0 Å². The Bertz CT molecular complexity index is 573. The van der Waals surface area contributed by atoms with E-state index in [1.807, 2.05) is 0 Å². The van der Waals surface area contributed by atoms with Crippen molar-refractivity contribution in [2.24, 2.45) is 0 Å². The Morgan fingerprint density at radius 3 is 2.57 bits per heavy atom. The van der Waals surface area contributed by atoms with Gasteiger partial charge in [0.25, 0.3) is 0 Å². The lowest BCUT2D eigenvalue weighted by molar-refractivity contribution is 0.424. The van der Waals surface area contributed by atoms with E-state index in [-0.39, 0.29) is 5.54 Å². The van der Waals surface area contributed by atoms with E-state index in [0.29, 0.717) is 0 Å². The van der Waals surface area contributed by atoms with Gasteiger partial charge in [0, 0.05) is 24.0 Å². The number of hydrogen-bond donors (Lipinski definition) is 1. The second-order valence-electron chi connectivity index (χ2n) is 6.32. The summed E-state index contributed by atoms with van der Waals surface area (Å²) in [6.07, 6.45) is 0. The van der Waals surface area contributed by atoms with Crippen LogP contribution in [0, 0.1) is 0 Å². The first-order valence-electron chi connectivity index (χ1n) is 7.12. The third kappa shape index (κ3) is 5.03. The maximum atomic E-state index is 6.45. The molecule has 2 nitrogen and oxygen atoms in total. The Kier molecular flexibility index (Phi) is 5.31. The van der Waals surface area contributed by atoms with Crippen LogP contribution in [0.5, 0.6) is 0 Å². The molecule has 2 rings (SSSR count). The highest BCUT2D eigenvalue weighted by molar-refractivity contribution is 7.09. The molecule has 21 heavy (non-hydrogen) atoms. The van der Waals surface area contributed by atoms with Crippen LogP contribution in [0.2, 0.25) is 5.02 Å². The van der Waals surface area contributed by atoms with Crippen LogP contribution in [0.25, 0.3) is 0 Å². The first kappa shape index (κ1) is 16.3. The summed E-state index contributed by atoms with van der Waals surface area (Å²) in [6, 6.07) is 10.5. The molecule has 114 valence electrons. The Labute approximate surface area is 136 Å². The van der Waals surface area contributed by atoms with Gasteiger partial charge in [-0.3, -0.25) is 0 Å². The molecule has 1 N–H and O–H groups in total. The smallest absolute Gasteiger partial charge is 0.0642 e. The average molecular weight is 323 g/mol. The number of rotatable bonds is 5. The fourth-order valence-corrected chi connectivity index (χ4v) is 3.16. The standard InChI is InChI=1S/C17H23ClN2S/c1-17(2,3)19-11-13-7-8-16(15(18)10-13)20(4)12-14-6-5-9-21-14/h5-10,19H,11-12H2,1-4H3.